The number of ether oxygens (including phenoxy) is 1. The molecule has 2 aromatic heterocycles. The summed E-state index contributed by atoms with van der Waals surface area (Å²) >= 11 is 1.42. The summed E-state index contributed by atoms with van der Waals surface area (Å²) in [6.07, 6.45) is 1.75. The van der Waals surface area contributed by atoms with Gasteiger partial charge in [0.25, 0.3) is 5.91 Å². The predicted octanol–water partition coefficient (Wildman–Crippen LogP) is 2.21. The molecule has 8 nitrogen and oxygen atoms in total. The number of benzene rings is 1. The number of hydrogen-bond acceptors (Lipinski definition) is 7. The Morgan fingerprint density at radius 1 is 1.36 bits per heavy atom. The van der Waals surface area contributed by atoms with Crippen molar-refractivity contribution in [2.45, 2.75) is 25.5 Å². The van der Waals surface area contributed by atoms with E-state index in [4.69, 9.17) is 4.74 Å². The first-order valence-corrected chi connectivity index (χ1v) is 8.86. The summed E-state index contributed by atoms with van der Waals surface area (Å²) < 4.78 is 5.68. The Kier molecular flexibility index (Phi) is 4.38. The zero-order valence-electron chi connectivity index (χ0n) is 13.3. The van der Waals surface area contributed by atoms with Crippen LogP contribution in [0.15, 0.2) is 35.7 Å². The number of nitrogens with one attached hydrogen (secondary N) is 1. The van der Waals surface area contributed by atoms with Crippen LogP contribution in [0.5, 0.6) is 5.75 Å². The van der Waals surface area contributed by atoms with Gasteiger partial charge in [-0.1, -0.05) is 23.4 Å². The highest BCUT2D eigenvalue weighted by atomic mass is 32.1. The Morgan fingerprint density at radius 2 is 2.24 bits per heavy atom. The van der Waals surface area contributed by atoms with Crippen LogP contribution in [0.1, 0.15) is 40.2 Å². The molecule has 1 aliphatic rings. The molecule has 1 amide bonds. The van der Waals surface area contributed by atoms with Crippen LogP contribution in [0.4, 0.5) is 0 Å². The lowest BCUT2D eigenvalue weighted by atomic mass is 10.2. The van der Waals surface area contributed by atoms with E-state index in [0.717, 1.165) is 23.6 Å². The highest BCUT2D eigenvalue weighted by molar-refractivity contribution is 7.09. The largest absolute Gasteiger partial charge is 0.486 e. The number of H-pyrrole nitrogens is 1. The topological polar surface area (TPSA) is 96.9 Å². The van der Waals surface area contributed by atoms with E-state index in [1.54, 1.807) is 10.3 Å². The quantitative estimate of drug-likeness (QED) is 0.753. The van der Waals surface area contributed by atoms with Crippen molar-refractivity contribution in [2.75, 3.05) is 6.54 Å². The molecule has 1 atom stereocenters. The smallest absolute Gasteiger partial charge is 0.273 e. The van der Waals surface area contributed by atoms with Gasteiger partial charge in [-0.3, -0.25) is 4.79 Å². The van der Waals surface area contributed by atoms with Crippen molar-refractivity contribution in [3.63, 3.8) is 0 Å². The summed E-state index contributed by atoms with van der Waals surface area (Å²) in [5, 5.41) is 16.6. The zero-order valence-corrected chi connectivity index (χ0v) is 14.1. The average molecular weight is 356 g/mol. The first-order valence-electron chi connectivity index (χ1n) is 7.98. The van der Waals surface area contributed by atoms with Crippen molar-refractivity contribution in [3.8, 4) is 5.75 Å². The second-order valence-corrected chi connectivity index (χ2v) is 6.60. The van der Waals surface area contributed by atoms with Crippen LogP contribution < -0.4 is 4.74 Å². The first kappa shape index (κ1) is 15.7. The number of carbonyl (C=O) groups is 1. The van der Waals surface area contributed by atoms with E-state index < -0.39 is 0 Å². The van der Waals surface area contributed by atoms with Crippen LogP contribution in [0, 0.1) is 0 Å². The monoisotopic (exact) mass is 356 g/mol. The summed E-state index contributed by atoms with van der Waals surface area (Å²) in [5.74, 6) is 1.23. The number of likely N-dealkylation sites (tertiary alicyclic amines) is 1. The van der Waals surface area contributed by atoms with Gasteiger partial charge in [0.1, 0.15) is 23.1 Å². The number of hydrogen-bond donors (Lipinski definition) is 1. The van der Waals surface area contributed by atoms with Crippen molar-refractivity contribution in [1.82, 2.24) is 30.5 Å². The van der Waals surface area contributed by atoms with Gasteiger partial charge in [0.05, 0.1) is 6.04 Å². The van der Waals surface area contributed by atoms with Gasteiger partial charge in [-0.05, 0) is 25.0 Å². The molecule has 1 aromatic carbocycles. The van der Waals surface area contributed by atoms with Crippen molar-refractivity contribution in [2.24, 2.45) is 0 Å². The summed E-state index contributed by atoms with van der Waals surface area (Å²) in [6.45, 7) is 1.02. The van der Waals surface area contributed by atoms with Gasteiger partial charge in [-0.15, -0.1) is 21.5 Å². The minimum atomic E-state index is -0.142. The van der Waals surface area contributed by atoms with Crippen molar-refractivity contribution in [3.05, 3.63) is 52.2 Å². The van der Waals surface area contributed by atoms with E-state index in [-0.39, 0.29) is 11.9 Å². The molecular formula is C16H16N6O2S. The van der Waals surface area contributed by atoms with Gasteiger partial charge in [0.15, 0.2) is 5.82 Å². The first-order chi connectivity index (χ1) is 12.3. The van der Waals surface area contributed by atoms with Gasteiger partial charge in [-0.2, -0.15) is 5.21 Å². The van der Waals surface area contributed by atoms with E-state index in [0.29, 0.717) is 24.7 Å². The lowest BCUT2D eigenvalue weighted by Crippen LogP contribution is -2.31. The Morgan fingerprint density at radius 3 is 3.04 bits per heavy atom. The van der Waals surface area contributed by atoms with Crippen LogP contribution in [0.3, 0.4) is 0 Å². The van der Waals surface area contributed by atoms with Gasteiger partial charge in [0.2, 0.25) is 0 Å². The lowest BCUT2D eigenvalue weighted by Gasteiger charge is -2.20. The zero-order chi connectivity index (χ0) is 17.1. The maximum Gasteiger partial charge on any atom is 0.273 e. The van der Waals surface area contributed by atoms with Gasteiger partial charge in [-0.25, -0.2) is 4.98 Å². The van der Waals surface area contributed by atoms with Crippen LogP contribution in [0.25, 0.3) is 0 Å². The van der Waals surface area contributed by atoms with E-state index in [9.17, 15) is 4.79 Å². The van der Waals surface area contributed by atoms with Crippen LogP contribution >= 0.6 is 11.3 Å². The molecule has 1 fully saturated rings. The van der Waals surface area contributed by atoms with E-state index in [2.05, 4.69) is 25.6 Å². The molecule has 3 aromatic rings. The normalized spacial score (nSPS) is 17.0. The fourth-order valence-corrected chi connectivity index (χ4v) is 3.55. The fraction of sp³-hybridized carbons (Fsp3) is 0.312. The third kappa shape index (κ3) is 3.36. The lowest BCUT2D eigenvalue weighted by molar-refractivity contribution is 0.0724. The number of para-hydroxylation sites is 1. The molecule has 0 radical (unpaired) electrons. The average Bonchev–Trinajstić information content (AvgIpc) is 3.41. The number of tetrazole rings is 1. The molecule has 1 aliphatic heterocycles. The number of aromatic nitrogens is 5. The molecule has 25 heavy (non-hydrogen) atoms. The van der Waals surface area contributed by atoms with Crippen LogP contribution in [0.2, 0.25) is 0 Å². The molecule has 0 saturated carbocycles. The summed E-state index contributed by atoms with van der Waals surface area (Å²) in [5.41, 5.74) is 0.437. The van der Waals surface area contributed by atoms with Gasteiger partial charge >= 0.3 is 0 Å². The molecule has 0 bridgehead atoms. The molecule has 0 aliphatic carbocycles. The summed E-state index contributed by atoms with van der Waals surface area (Å²) in [4.78, 5) is 19.0. The van der Waals surface area contributed by atoms with Crippen molar-refractivity contribution >= 4 is 17.2 Å². The van der Waals surface area contributed by atoms with Crippen LogP contribution in [-0.4, -0.2) is 43.0 Å². The number of nitrogens with zero attached hydrogens (tertiary/aromatic N) is 5. The maximum atomic E-state index is 12.8. The third-order valence-electron chi connectivity index (χ3n) is 4.05. The molecule has 3 heterocycles. The van der Waals surface area contributed by atoms with Gasteiger partial charge in [0, 0.05) is 11.9 Å². The molecule has 1 N–H and O–H groups in total. The molecule has 4 rings (SSSR count). The minimum Gasteiger partial charge on any atom is -0.486 e. The predicted molar refractivity (Wildman–Crippen MR) is 90.1 cm³/mol. The summed E-state index contributed by atoms with van der Waals surface area (Å²) in [6, 6.07) is 9.40. The number of carbonyl (C=O) groups excluding carboxylic acids is 1. The van der Waals surface area contributed by atoms with Gasteiger partial charge < -0.3 is 9.64 Å². The number of rotatable bonds is 5. The molecule has 0 unspecified atom stereocenters. The number of thiazole rings is 1. The molecule has 0 spiro atoms. The summed E-state index contributed by atoms with van der Waals surface area (Å²) in [7, 11) is 0. The Bertz CT molecular complexity index is 835. The highest BCUT2D eigenvalue weighted by Gasteiger charge is 2.34. The maximum absolute atomic E-state index is 12.8. The SMILES string of the molecule is O=C(c1csc(COc2ccccc2)n1)N1CCC[C@H]1c1nn[nH]n1. The number of amides is 1. The second-order valence-electron chi connectivity index (χ2n) is 5.65. The Hall–Kier alpha value is -2.81. The van der Waals surface area contributed by atoms with Crippen molar-refractivity contribution < 1.29 is 9.53 Å². The van der Waals surface area contributed by atoms with E-state index >= 15 is 0 Å². The Labute approximate surface area is 147 Å². The minimum absolute atomic E-state index is 0.102. The van der Waals surface area contributed by atoms with Crippen LogP contribution in [-0.2, 0) is 6.61 Å². The fourth-order valence-electron chi connectivity index (χ4n) is 2.87. The van der Waals surface area contributed by atoms with E-state index in [1.807, 2.05) is 30.3 Å². The molecule has 1 saturated heterocycles. The third-order valence-corrected chi connectivity index (χ3v) is 4.87. The standard InChI is InChI=1S/C16H16N6O2S/c23-16(22-8-4-7-13(22)15-18-20-21-19-15)12-10-25-14(17-12)9-24-11-5-2-1-3-6-11/h1-3,5-6,10,13H,4,7-9H2,(H,18,19,20,21)/t13-/m0/s1. The Balaban J connectivity index is 1.43. The molecule has 9 heteroatoms. The van der Waals surface area contributed by atoms with E-state index in [1.165, 1.54) is 11.3 Å². The molecule has 128 valence electrons. The second kappa shape index (κ2) is 6.98. The highest BCUT2D eigenvalue weighted by Crippen LogP contribution is 2.31. The van der Waals surface area contributed by atoms with Crippen molar-refractivity contribution in [1.29, 1.82) is 0 Å². The molecular weight excluding hydrogens is 340 g/mol. The number of aromatic amines is 1.